The summed E-state index contributed by atoms with van der Waals surface area (Å²) in [6, 6.07) is 1.37. The van der Waals surface area contributed by atoms with Gasteiger partial charge >= 0.3 is 0 Å². The normalized spacial score (nSPS) is 12.4. The second kappa shape index (κ2) is 4.61. The van der Waals surface area contributed by atoms with Crippen molar-refractivity contribution >= 4 is 11.7 Å². The van der Waals surface area contributed by atoms with E-state index in [4.69, 9.17) is 10.8 Å². The number of nitrogens with zero attached hydrogens (tertiary/aromatic N) is 2. The molecule has 1 aromatic rings. The van der Waals surface area contributed by atoms with E-state index in [1.54, 1.807) is 19.2 Å². The zero-order valence-corrected chi connectivity index (χ0v) is 7.97. The molecule has 0 spiro atoms. The largest absolute Gasteiger partial charge is 0.394 e. The maximum Gasteiger partial charge on any atom is 0.242 e. The summed E-state index contributed by atoms with van der Waals surface area (Å²) < 4.78 is 1.44. The molecule has 0 aliphatic rings. The summed E-state index contributed by atoms with van der Waals surface area (Å²) in [6.07, 6.45) is 1.62. The lowest BCUT2D eigenvalue weighted by molar-refractivity contribution is -0.122. The van der Waals surface area contributed by atoms with E-state index in [1.165, 1.54) is 4.68 Å². The lowest BCUT2D eigenvalue weighted by Crippen LogP contribution is -2.37. The van der Waals surface area contributed by atoms with Crippen LogP contribution in [0, 0.1) is 0 Å². The van der Waals surface area contributed by atoms with Crippen LogP contribution in [0.2, 0.25) is 0 Å². The van der Waals surface area contributed by atoms with Crippen LogP contribution in [0.1, 0.15) is 6.92 Å². The first kappa shape index (κ1) is 10.5. The highest BCUT2D eigenvalue weighted by atomic mass is 16.3. The fourth-order valence-corrected chi connectivity index (χ4v) is 0.979. The molecule has 0 saturated heterocycles. The molecular formula is C8H14N4O2. The van der Waals surface area contributed by atoms with Crippen molar-refractivity contribution in [1.29, 1.82) is 0 Å². The number of carbonyl (C=O) groups is 1. The number of hydrogen-bond donors (Lipinski definition) is 3. The molecule has 0 aliphatic heterocycles. The van der Waals surface area contributed by atoms with Gasteiger partial charge in [-0.1, -0.05) is 0 Å². The van der Waals surface area contributed by atoms with Gasteiger partial charge in [-0.3, -0.25) is 9.48 Å². The van der Waals surface area contributed by atoms with Crippen LogP contribution in [0.15, 0.2) is 12.3 Å². The molecule has 0 saturated carbocycles. The van der Waals surface area contributed by atoms with Gasteiger partial charge in [-0.05, 0) is 13.0 Å². The molecule has 14 heavy (non-hydrogen) atoms. The third kappa shape index (κ3) is 3.06. The van der Waals surface area contributed by atoms with Crippen LogP contribution in [0.5, 0.6) is 0 Å². The minimum absolute atomic E-state index is 0.0764. The van der Waals surface area contributed by atoms with Gasteiger partial charge < -0.3 is 16.2 Å². The van der Waals surface area contributed by atoms with E-state index in [1.807, 2.05) is 0 Å². The monoisotopic (exact) mass is 198 g/mol. The van der Waals surface area contributed by atoms with E-state index < -0.39 is 0 Å². The van der Waals surface area contributed by atoms with Crippen molar-refractivity contribution in [3.63, 3.8) is 0 Å². The van der Waals surface area contributed by atoms with Crippen LogP contribution >= 0.6 is 0 Å². The van der Waals surface area contributed by atoms with Crippen LogP contribution in [-0.2, 0) is 11.3 Å². The number of hydrogen-bond acceptors (Lipinski definition) is 4. The number of nitrogens with one attached hydrogen (secondary N) is 1. The third-order valence-electron chi connectivity index (χ3n) is 1.65. The molecule has 0 aliphatic carbocycles. The van der Waals surface area contributed by atoms with E-state index in [0.717, 1.165) is 0 Å². The molecule has 0 fully saturated rings. The van der Waals surface area contributed by atoms with Crippen LogP contribution in [0.3, 0.4) is 0 Å². The van der Waals surface area contributed by atoms with Crippen molar-refractivity contribution < 1.29 is 9.90 Å². The summed E-state index contributed by atoms with van der Waals surface area (Å²) in [7, 11) is 0. The molecule has 1 unspecified atom stereocenters. The second-order valence-corrected chi connectivity index (χ2v) is 3.09. The maximum atomic E-state index is 11.3. The summed E-state index contributed by atoms with van der Waals surface area (Å²) in [5, 5.41) is 15.1. The maximum absolute atomic E-state index is 11.3. The lowest BCUT2D eigenvalue weighted by Gasteiger charge is -2.10. The second-order valence-electron chi connectivity index (χ2n) is 3.09. The smallest absolute Gasteiger partial charge is 0.242 e. The predicted octanol–water partition coefficient (Wildman–Crippen LogP) is -1.04. The van der Waals surface area contributed by atoms with Gasteiger partial charge in [0, 0.05) is 12.2 Å². The number of anilines is 1. The topological polar surface area (TPSA) is 93.2 Å². The Bertz CT molecular complexity index is 310. The number of carbonyl (C=O) groups excluding carboxylic acids is 1. The van der Waals surface area contributed by atoms with Crippen molar-refractivity contribution in [3.8, 4) is 0 Å². The summed E-state index contributed by atoms with van der Waals surface area (Å²) in [5.74, 6) is 0.183. The molecule has 0 aromatic carbocycles. The molecule has 1 rings (SSSR count). The zero-order valence-electron chi connectivity index (χ0n) is 7.97. The fraction of sp³-hybridized carbons (Fsp3) is 0.500. The number of aromatic nitrogens is 2. The van der Waals surface area contributed by atoms with Gasteiger partial charge in [0.2, 0.25) is 5.91 Å². The van der Waals surface area contributed by atoms with Gasteiger partial charge in [-0.2, -0.15) is 5.10 Å². The number of aliphatic hydroxyl groups excluding tert-OH is 1. The van der Waals surface area contributed by atoms with Crippen LogP contribution in [0.25, 0.3) is 0 Å². The van der Waals surface area contributed by atoms with E-state index in [0.29, 0.717) is 5.82 Å². The Morgan fingerprint density at radius 2 is 2.57 bits per heavy atom. The van der Waals surface area contributed by atoms with Gasteiger partial charge in [0.15, 0.2) is 0 Å². The van der Waals surface area contributed by atoms with Crippen LogP contribution in [-0.4, -0.2) is 33.4 Å². The lowest BCUT2D eigenvalue weighted by atomic mass is 10.3. The Labute approximate surface area is 81.7 Å². The summed E-state index contributed by atoms with van der Waals surface area (Å²) in [5.41, 5.74) is 5.38. The quantitative estimate of drug-likeness (QED) is 0.576. The number of amides is 1. The van der Waals surface area contributed by atoms with Gasteiger partial charge in [-0.25, -0.2) is 0 Å². The first-order valence-electron chi connectivity index (χ1n) is 4.31. The van der Waals surface area contributed by atoms with Crippen molar-refractivity contribution in [2.45, 2.75) is 19.5 Å². The van der Waals surface area contributed by atoms with Crippen molar-refractivity contribution in [2.24, 2.45) is 0 Å². The molecule has 0 bridgehead atoms. The molecule has 6 heteroatoms. The zero-order chi connectivity index (χ0) is 10.6. The molecule has 78 valence electrons. The first-order valence-corrected chi connectivity index (χ1v) is 4.31. The molecule has 1 atom stereocenters. The number of aliphatic hydroxyl groups is 1. The van der Waals surface area contributed by atoms with Crippen molar-refractivity contribution in [3.05, 3.63) is 12.3 Å². The molecule has 6 nitrogen and oxygen atoms in total. The predicted molar refractivity (Wildman–Crippen MR) is 51.3 cm³/mol. The van der Waals surface area contributed by atoms with Crippen molar-refractivity contribution in [2.75, 3.05) is 12.3 Å². The Balaban J connectivity index is 2.41. The minimum atomic E-state index is -0.240. The number of rotatable bonds is 4. The summed E-state index contributed by atoms with van der Waals surface area (Å²) >= 11 is 0. The summed E-state index contributed by atoms with van der Waals surface area (Å²) in [6.45, 7) is 1.75. The fourth-order valence-electron chi connectivity index (χ4n) is 0.979. The van der Waals surface area contributed by atoms with Crippen LogP contribution < -0.4 is 11.1 Å². The molecule has 1 amide bonds. The van der Waals surface area contributed by atoms with E-state index in [-0.39, 0.29) is 25.1 Å². The van der Waals surface area contributed by atoms with Crippen molar-refractivity contribution in [1.82, 2.24) is 15.1 Å². The SMILES string of the molecule is CC(CO)NC(=O)Cn1ccc(N)n1. The highest BCUT2D eigenvalue weighted by Gasteiger charge is 2.06. The highest BCUT2D eigenvalue weighted by molar-refractivity contribution is 5.75. The first-order chi connectivity index (χ1) is 6.61. The molecule has 0 radical (unpaired) electrons. The van der Waals surface area contributed by atoms with E-state index >= 15 is 0 Å². The van der Waals surface area contributed by atoms with Gasteiger partial charge in [-0.15, -0.1) is 0 Å². The Morgan fingerprint density at radius 1 is 1.86 bits per heavy atom. The molecular weight excluding hydrogens is 184 g/mol. The van der Waals surface area contributed by atoms with E-state index in [2.05, 4.69) is 10.4 Å². The average Bonchev–Trinajstić information content (AvgIpc) is 2.50. The van der Waals surface area contributed by atoms with Crippen LogP contribution in [0.4, 0.5) is 5.82 Å². The van der Waals surface area contributed by atoms with Gasteiger partial charge in [0.25, 0.3) is 0 Å². The minimum Gasteiger partial charge on any atom is -0.394 e. The number of nitrogen functional groups attached to an aromatic ring is 1. The Kier molecular flexibility index (Phi) is 3.47. The molecule has 1 aromatic heterocycles. The molecule has 4 N–H and O–H groups in total. The Hall–Kier alpha value is -1.56. The molecule has 1 heterocycles. The highest BCUT2D eigenvalue weighted by Crippen LogP contribution is 1.95. The van der Waals surface area contributed by atoms with Gasteiger partial charge in [0.05, 0.1) is 6.61 Å². The average molecular weight is 198 g/mol. The number of nitrogens with two attached hydrogens (primary N) is 1. The summed E-state index contributed by atoms with van der Waals surface area (Å²) in [4.78, 5) is 11.3. The Morgan fingerprint density at radius 3 is 3.07 bits per heavy atom. The van der Waals surface area contributed by atoms with E-state index in [9.17, 15) is 4.79 Å². The van der Waals surface area contributed by atoms with Gasteiger partial charge in [0.1, 0.15) is 12.4 Å². The third-order valence-corrected chi connectivity index (χ3v) is 1.65. The standard InChI is InChI=1S/C8H14N4O2/c1-6(5-13)10-8(14)4-12-3-2-7(9)11-12/h2-3,6,13H,4-5H2,1H3,(H2,9,11)(H,10,14).